The molecule has 0 saturated heterocycles. The molecule has 0 radical (unpaired) electrons. The van der Waals surface area contributed by atoms with Gasteiger partial charge in [-0.1, -0.05) is 42.5 Å². The number of hydrogen-bond donors (Lipinski definition) is 0. The van der Waals surface area contributed by atoms with Gasteiger partial charge in [-0.05, 0) is 22.9 Å². The highest BCUT2D eigenvalue weighted by Gasteiger charge is 2.13. The minimum absolute atomic E-state index is 0.0973. The highest BCUT2D eigenvalue weighted by Crippen LogP contribution is 2.20. The molecule has 0 spiro atoms. The zero-order chi connectivity index (χ0) is 12.4. The van der Waals surface area contributed by atoms with Crippen molar-refractivity contribution in [1.82, 2.24) is 10.2 Å². The fourth-order valence-electron chi connectivity index (χ4n) is 1.98. The average molecular weight is 234 g/mol. The first-order valence-corrected chi connectivity index (χ1v) is 5.66. The van der Waals surface area contributed by atoms with Crippen molar-refractivity contribution in [3.63, 3.8) is 0 Å². The highest BCUT2D eigenvalue weighted by molar-refractivity contribution is 6.15. The van der Waals surface area contributed by atoms with Crippen LogP contribution in [0.3, 0.4) is 0 Å². The molecule has 18 heavy (non-hydrogen) atoms. The van der Waals surface area contributed by atoms with Crippen LogP contribution in [0.25, 0.3) is 10.8 Å². The number of carbonyl (C=O) groups excluding carboxylic acids is 1. The van der Waals surface area contributed by atoms with Gasteiger partial charge in [-0.25, -0.2) is 0 Å². The Morgan fingerprint density at radius 1 is 0.889 bits per heavy atom. The molecule has 2 aromatic carbocycles. The Morgan fingerprint density at radius 2 is 1.72 bits per heavy atom. The molecule has 0 aliphatic heterocycles. The summed E-state index contributed by atoms with van der Waals surface area (Å²) < 4.78 is 0. The van der Waals surface area contributed by atoms with E-state index < -0.39 is 0 Å². The number of hydrogen-bond acceptors (Lipinski definition) is 3. The van der Waals surface area contributed by atoms with Gasteiger partial charge in [-0.15, -0.1) is 5.10 Å². The molecular formula is C15H10N2O. The largest absolute Gasteiger partial charge is 0.287 e. The second kappa shape index (κ2) is 4.37. The second-order valence-corrected chi connectivity index (χ2v) is 3.96. The summed E-state index contributed by atoms with van der Waals surface area (Å²) in [5, 5.41) is 9.59. The van der Waals surface area contributed by atoms with E-state index in [1.807, 2.05) is 42.5 Å². The number of aromatic nitrogens is 2. The van der Waals surface area contributed by atoms with E-state index in [1.54, 1.807) is 18.3 Å². The van der Waals surface area contributed by atoms with Crippen LogP contribution in [0, 0.1) is 0 Å². The van der Waals surface area contributed by atoms with Crippen molar-refractivity contribution in [2.24, 2.45) is 0 Å². The Hall–Kier alpha value is -2.55. The summed E-state index contributed by atoms with van der Waals surface area (Å²) in [5.41, 5.74) is 1.03. The van der Waals surface area contributed by atoms with Crippen molar-refractivity contribution in [3.05, 3.63) is 72.1 Å². The molecule has 3 nitrogen and oxygen atoms in total. The van der Waals surface area contributed by atoms with Gasteiger partial charge < -0.3 is 0 Å². The number of fused-ring (bicyclic) bond motifs is 1. The molecule has 0 saturated carbocycles. The van der Waals surface area contributed by atoms with Crippen LogP contribution in [-0.4, -0.2) is 16.0 Å². The van der Waals surface area contributed by atoms with E-state index in [-0.39, 0.29) is 5.78 Å². The Labute approximate surface area is 104 Å². The lowest BCUT2D eigenvalue weighted by molar-refractivity contribution is 0.103. The first-order chi connectivity index (χ1) is 8.86. The van der Waals surface area contributed by atoms with E-state index in [4.69, 9.17) is 0 Å². The smallest absolute Gasteiger partial charge is 0.213 e. The molecule has 3 rings (SSSR count). The lowest BCUT2D eigenvalue weighted by atomic mass is 10.00. The Kier molecular flexibility index (Phi) is 2.57. The van der Waals surface area contributed by atoms with Crippen molar-refractivity contribution < 1.29 is 4.79 Å². The third-order valence-corrected chi connectivity index (χ3v) is 2.84. The molecule has 0 aliphatic rings. The molecule has 0 amide bonds. The molecule has 0 N–H and O–H groups in total. The van der Waals surface area contributed by atoms with Gasteiger partial charge >= 0.3 is 0 Å². The molecule has 0 atom stereocenters. The maximum absolute atomic E-state index is 12.4. The van der Waals surface area contributed by atoms with Gasteiger partial charge in [0.1, 0.15) is 5.69 Å². The van der Waals surface area contributed by atoms with Crippen LogP contribution >= 0.6 is 0 Å². The van der Waals surface area contributed by atoms with Crippen molar-refractivity contribution in [2.75, 3.05) is 0 Å². The van der Waals surface area contributed by atoms with Gasteiger partial charge in [0.2, 0.25) is 5.78 Å². The molecule has 1 aromatic heterocycles. The quantitative estimate of drug-likeness (QED) is 0.640. The van der Waals surface area contributed by atoms with Crippen molar-refractivity contribution >= 4 is 16.6 Å². The number of rotatable bonds is 2. The van der Waals surface area contributed by atoms with Gasteiger partial charge in [0.05, 0.1) is 0 Å². The number of nitrogens with zero attached hydrogens (tertiary/aromatic N) is 2. The van der Waals surface area contributed by atoms with Gasteiger partial charge in [0.25, 0.3) is 0 Å². The van der Waals surface area contributed by atoms with Gasteiger partial charge in [-0.3, -0.25) is 4.79 Å². The van der Waals surface area contributed by atoms with Crippen LogP contribution in [0.1, 0.15) is 16.1 Å². The molecule has 3 aromatic rings. The van der Waals surface area contributed by atoms with E-state index in [9.17, 15) is 4.79 Å². The number of ketones is 1. The first-order valence-electron chi connectivity index (χ1n) is 5.66. The molecule has 0 aliphatic carbocycles. The predicted octanol–water partition coefficient (Wildman–Crippen LogP) is 2.86. The Balaban J connectivity index is 2.18. The lowest BCUT2D eigenvalue weighted by Gasteiger charge is -2.04. The van der Waals surface area contributed by atoms with Crippen molar-refractivity contribution in [2.45, 2.75) is 0 Å². The third kappa shape index (κ3) is 1.76. The molecule has 86 valence electrons. The average Bonchev–Trinajstić information content (AvgIpc) is 2.47. The fraction of sp³-hybridized carbons (Fsp3) is 0. The van der Waals surface area contributed by atoms with E-state index >= 15 is 0 Å². The van der Waals surface area contributed by atoms with Crippen LogP contribution in [-0.2, 0) is 0 Å². The molecule has 3 heteroatoms. The SMILES string of the molecule is O=C(c1cccnn1)c1cccc2ccccc12. The minimum Gasteiger partial charge on any atom is -0.287 e. The molecule has 0 unspecified atom stereocenters. The van der Waals surface area contributed by atoms with Crippen LogP contribution in [0.5, 0.6) is 0 Å². The number of carbonyl (C=O) groups is 1. The lowest BCUT2D eigenvalue weighted by Crippen LogP contribution is -2.05. The maximum atomic E-state index is 12.4. The summed E-state index contributed by atoms with van der Waals surface area (Å²) in [5.74, 6) is -0.0973. The summed E-state index contributed by atoms with van der Waals surface area (Å²) in [4.78, 5) is 12.4. The normalized spacial score (nSPS) is 10.4. The minimum atomic E-state index is -0.0973. The monoisotopic (exact) mass is 234 g/mol. The highest BCUT2D eigenvalue weighted by atomic mass is 16.1. The van der Waals surface area contributed by atoms with Crippen LogP contribution < -0.4 is 0 Å². The zero-order valence-electron chi connectivity index (χ0n) is 9.58. The zero-order valence-corrected chi connectivity index (χ0v) is 9.58. The Morgan fingerprint density at radius 3 is 2.56 bits per heavy atom. The standard InChI is InChI=1S/C15H10N2O/c18-15(14-9-4-10-16-17-14)13-8-3-6-11-5-1-2-7-12(11)13/h1-10H. The second-order valence-electron chi connectivity index (χ2n) is 3.96. The summed E-state index contributed by atoms with van der Waals surface area (Å²) in [6.07, 6.45) is 1.56. The van der Waals surface area contributed by atoms with Crippen LogP contribution in [0.15, 0.2) is 60.8 Å². The van der Waals surface area contributed by atoms with Crippen LogP contribution in [0.2, 0.25) is 0 Å². The van der Waals surface area contributed by atoms with Crippen molar-refractivity contribution in [1.29, 1.82) is 0 Å². The molecule has 0 bridgehead atoms. The van der Waals surface area contributed by atoms with E-state index in [2.05, 4.69) is 10.2 Å². The van der Waals surface area contributed by atoms with Gasteiger partial charge in [-0.2, -0.15) is 5.10 Å². The van der Waals surface area contributed by atoms with Gasteiger partial charge in [0.15, 0.2) is 0 Å². The van der Waals surface area contributed by atoms with E-state index in [1.165, 1.54) is 0 Å². The summed E-state index contributed by atoms with van der Waals surface area (Å²) in [6.45, 7) is 0. The number of benzene rings is 2. The van der Waals surface area contributed by atoms with E-state index in [0.717, 1.165) is 10.8 Å². The van der Waals surface area contributed by atoms with Crippen LogP contribution in [0.4, 0.5) is 0 Å². The summed E-state index contributed by atoms with van der Waals surface area (Å²) >= 11 is 0. The van der Waals surface area contributed by atoms with E-state index in [0.29, 0.717) is 11.3 Å². The summed E-state index contributed by atoms with van der Waals surface area (Å²) in [6, 6.07) is 16.9. The topological polar surface area (TPSA) is 42.9 Å². The van der Waals surface area contributed by atoms with Gasteiger partial charge in [0, 0.05) is 11.8 Å². The molecule has 1 heterocycles. The third-order valence-electron chi connectivity index (χ3n) is 2.84. The Bertz CT molecular complexity index is 703. The molecular weight excluding hydrogens is 224 g/mol. The fourth-order valence-corrected chi connectivity index (χ4v) is 1.98. The maximum Gasteiger partial charge on any atom is 0.213 e. The summed E-state index contributed by atoms with van der Waals surface area (Å²) in [7, 11) is 0. The van der Waals surface area contributed by atoms with Crippen molar-refractivity contribution in [3.8, 4) is 0 Å². The molecule has 0 fully saturated rings. The predicted molar refractivity (Wildman–Crippen MR) is 69.4 cm³/mol. The first kappa shape index (κ1) is 10.6.